The quantitative estimate of drug-likeness (QED) is 0.291. The summed E-state index contributed by atoms with van der Waals surface area (Å²) in [4.78, 5) is 55.9. The number of carbonyl (C=O) groups excluding carboxylic acids is 3. The minimum Gasteiger partial charge on any atom is -0.338 e. The number of anilines is 2. The Hall–Kier alpha value is -5.38. The number of aromatic nitrogens is 4. The summed E-state index contributed by atoms with van der Waals surface area (Å²) in [6, 6.07) is 22.9. The van der Waals surface area contributed by atoms with Crippen LogP contribution in [-0.2, 0) is 16.1 Å². The van der Waals surface area contributed by atoms with Gasteiger partial charge in [0.2, 0.25) is 11.8 Å². The van der Waals surface area contributed by atoms with Crippen LogP contribution in [0.4, 0.5) is 11.5 Å². The Kier molecular flexibility index (Phi) is 5.59. The number of imide groups is 1. The number of fused-ring (bicyclic) bond motifs is 2. The molecule has 2 aliphatic rings. The van der Waals surface area contributed by atoms with Crippen LogP contribution in [0, 0.1) is 0 Å². The van der Waals surface area contributed by atoms with E-state index in [9.17, 15) is 14.4 Å². The van der Waals surface area contributed by atoms with Crippen molar-refractivity contribution in [1.29, 1.82) is 0 Å². The van der Waals surface area contributed by atoms with Gasteiger partial charge < -0.3 is 15.2 Å². The van der Waals surface area contributed by atoms with E-state index in [1.807, 2.05) is 48.5 Å². The van der Waals surface area contributed by atoms with Crippen molar-refractivity contribution < 1.29 is 14.4 Å². The second-order valence-electron chi connectivity index (χ2n) is 9.80. The molecule has 1 unspecified atom stereocenters. The van der Waals surface area contributed by atoms with E-state index in [0.717, 1.165) is 22.3 Å². The number of piperidine rings is 1. The third-order valence-electron chi connectivity index (χ3n) is 7.36. The van der Waals surface area contributed by atoms with E-state index < -0.39 is 11.9 Å². The number of imidazole rings is 1. The van der Waals surface area contributed by atoms with Crippen LogP contribution < -0.4 is 10.6 Å². The number of benzene rings is 3. The zero-order valence-corrected chi connectivity index (χ0v) is 21.2. The van der Waals surface area contributed by atoms with Gasteiger partial charge in [0.25, 0.3) is 5.91 Å². The minimum atomic E-state index is -0.687. The third-order valence-corrected chi connectivity index (χ3v) is 7.36. The van der Waals surface area contributed by atoms with E-state index in [2.05, 4.69) is 37.7 Å². The number of hydrogen-bond donors (Lipinski definition) is 3. The number of carbonyl (C=O) groups is 3. The van der Waals surface area contributed by atoms with Gasteiger partial charge in [0, 0.05) is 35.3 Å². The van der Waals surface area contributed by atoms with E-state index >= 15 is 0 Å². The predicted molar refractivity (Wildman–Crippen MR) is 148 cm³/mol. The first-order chi connectivity index (χ1) is 19.5. The molecule has 0 saturated carbocycles. The molecule has 3 N–H and O–H groups in total. The summed E-state index contributed by atoms with van der Waals surface area (Å²) in [6.45, 7) is 0.242. The van der Waals surface area contributed by atoms with Crippen molar-refractivity contribution in [2.45, 2.75) is 25.4 Å². The van der Waals surface area contributed by atoms with Crippen LogP contribution in [0.2, 0.25) is 0 Å². The van der Waals surface area contributed by atoms with Gasteiger partial charge in [-0.05, 0) is 29.7 Å². The molecule has 5 aromatic rings. The SMILES string of the molecule is O=C1CCC(N2Cc3c(Nc4nc(-c5ccc(-c6ccccc6)cc5)nc5[nH]cnc45)cccc3C2=O)C(=O)N1. The molecule has 3 amide bonds. The van der Waals surface area contributed by atoms with Crippen molar-refractivity contribution in [2.24, 2.45) is 0 Å². The average molecular weight is 530 g/mol. The first-order valence-electron chi connectivity index (χ1n) is 13.0. The second-order valence-corrected chi connectivity index (χ2v) is 9.80. The molecule has 2 aromatic heterocycles. The summed E-state index contributed by atoms with van der Waals surface area (Å²) < 4.78 is 0. The maximum Gasteiger partial charge on any atom is 0.255 e. The lowest BCUT2D eigenvalue weighted by atomic mass is 10.0. The Bertz CT molecular complexity index is 1800. The number of hydrogen-bond acceptors (Lipinski definition) is 7. The van der Waals surface area contributed by atoms with Gasteiger partial charge in [0.05, 0.1) is 6.33 Å². The highest BCUT2D eigenvalue weighted by Crippen LogP contribution is 2.35. The second kappa shape index (κ2) is 9.42. The number of aromatic amines is 1. The van der Waals surface area contributed by atoms with Gasteiger partial charge in [-0.25, -0.2) is 15.0 Å². The van der Waals surface area contributed by atoms with Crippen LogP contribution in [0.25, 0.3) is 33.7 Å². The Morgan fingerprint density at radius 1 is 0.850 bits per heavy atom. The highest BCUT2D eigenvalue weighted by molar-refractivity contribution is 6.06. The summed E-state index contributed by atoms with van der Waals surface area (Å²) in [5.41, 5.74) is 6.16. The summed E-state index contributed by atoms with van der Waals surface area (Å²) in [5.74, 6) is 0.0234. The molecular weight excluding hydrogens is 506 g/mol. The Morgan fingerprint density at radius 2 is 1.62 bits per heavy atom. The maximum absolute atomic E-state index is 13.3. The molecule has 10 nitrogen and oxygen atoms in total. The Morgan fingerprint density at radius 3 is 2.42 bits per heavy atom. The number of H-pyrrole nitrogens is 1. The van der Waals surface area contributed by atoms with Crippen LogP contribution in [0.1, 0.15) is 28.8 Å². The van der Waals surface area contributed by atoms with Gasteiger partial charge in [0.15, 0.2) is 22.8 Å². The fraction of sp³-hybridized carbons (Fsp3) is 0.133. The monoisotopic (exact) mass is 529 g/mol. The van der Waals surface area contributed by atoms with Crippen molar-refractivity contribution in [3.05, 3.63) is 90.3 Å². The van der Waals surface area contributed by atoms with Gasteiger partial charge in [-0.3, -0.25) is 19.7 Å². The lowest BCUT2D eigenvalue weighted by molar-refractivity contribution is -0.136. The molecule has 2 aliphatic heterocycles. The number of amides is 3. The first kappa shape index (κ1) is 23.7. The molecule has 1 fully saturated rings. The summed E-state index contributed by atoms with van der Waals surface area (Å²) in [7, 11) is 0. The minimum absolute atomic E-state index is 0.203. The lowest BCUT2D eigenvalue weighted by Crippen LogP contribution is -2.52. The molecule has 0 spiro atoms. The van der Waals surface area contributed by atoms with Crippen molar-refractivity contribution in [2.75, 3.05) is 5.32 Å². The standard InChI is InChI=1S/C30H23N7O3/c38-24-14-13-23(29(39)34-24)37-15-21-20(30(37)40)7-4-8-22(21)33-28-25-27(32-16-31-25)35-26(36-28)19-11-9-18(10-12-19)17-5-2-1-3-6-17/h1-12,16,23H,13-15H2,(H,34,38,39)(H2,31,32,33,35,36). The molecule has 1 saturated heterocycles. The van der Waals surface area contributed by atoms with Gasteiger partial charge in [-0.2, -0.15) is 0 Å². The highest BCUT2D eigenvalue weighted by atomic mass is 16.2. The normalized spacial score (nSPS) is 16.8. The highest BCUT2D eigenvalue weighted by Gasteiger charge is 2.40. The fourth-order valence-electron chi connectivity index (χ4n) is 5.32. The first-order valence-corrected chi connectivity index (χ1v) is 13.0. The molecule has 0 radical (unpaired) electrons. The van der Waals surface area contributed by atoms with Gasteiger partial charge in [-0.1, -0.05) is 60.7 Å². The van der Waals surface area contributed by atoms with E-state index in [4.69, 9.17) is 4.98 Å². The molecule has 7 rings (SSSR count). The Balaban J connectivity index is 1.21. The summed E-state index contributed by atoms with van der Waals surface area (Å²) in [6.07, 6.45) is 2.07. The van der Waals surface area contributed by atoms with Gasteiger partial charge in [0.1, 0.15) is 6.04 Å². The molecule has 10 heteroatoms. The number of nitrogens with zero attached hydrogens (tertiary/aromatic N) is 4. The smallest absolute Gasteiger partial charge is 0.255 e. The fourth-order valence-corrected chi connectivity index (χ4v) is 5.32. The topological polar surface area (TPSA) is 133 Å². The molecule has 0 bridgehead atoms. The van der Waals surface area contributed by atoms with Crippen molar-refractivity contribution in [3.8, 4) is 22.5 Å². The van der Waals surface area contributed by atoms with Crippen LogP contribution in [0.3, 0.4) is 0 Å². The molecule has 3 aromatic carbocycles. The molecule has 1 atom stereocenters. The predicted octanol–water partition coefficient (Wildman–Crippen LogP) is 4.19. The van der Waals surface area contributed by atoms with Gasteiger partial charge in [-0.15, -0.1) is 0 Å². The zero-order chi connectivity index (χ0) is 27.2. The van der Waals surface area contributed by atoms with Crippen molar-refractivity contribution >= 4 is 40.4 Å². The van der Waals surface area contributed by atoms with E-state index in [1.165, 1.54) is 4.90 Å². The van der Waals surface area contributed by atoms with E-state index in [1.54, 1.807) is 18.5 Å². The van der Waals surface area contributed by atoms with Crippen LogP contribution >= 0.6 is 0 Å². The summed E-state index contributed by atoms with van der Waals surface area (Å²) >= 11 is 0. The average Bonchev–Trinajstić information content (AvgIpc) is 3.59. The number of nitrogens with one attached hydrogen (secondary N) is 3. The molecule has 4 heterocycles. The lowest BCUT2D eigenvalue weighted by Gasteiger charge is -2.29. The van der Waals surface area contributed by atoms with Gasteiger partial charge >= 0.3 is 0 Å². The number of rotatable bonds is 5. The largest absolute Gasteiger partial charge is 0.338 e. The zero-order valence-electron chi connectivity index (χ0n) is 21.2. The molecular formula is C30H23N7O3. The van der Waals surface area contributed by atoms with E-state index in [0.29, 0.717) is 40.5 Å². The third kappa shape index (κ3) is 4.06. The molecule has 0 aliphatic carbocycles. The van der Waals surface area contributed by atoms with Crippen molar-refractivity contribution in [1.82, 2.24) is 30.2 Å². The molecule has 196 valence electrons. The van der Waals surface area contributed by atoms with E-state index in [-0.39, 0.29) is 24.8 Å². The summed E-state index contributed by atoms with van der Waals surface area (Å²) in [5, 5.41) is 5.72. The van der Waals surface area contributed by atoms with Crippen molar-refractivity contribution in [3.63, 3.8) is 0 Å². The maximum atomic E-state index is 13.3. The molecule has 40 heavy (non-hydrogen) atoms. The van der Waals surface area contributed by atoms with Crippen LogP contribution in [0.15, 0.2) is 79.1 Å². The Labute approximate surface area is 228 Å². The van der Waals surface area contributed by atoms with Crippen LogP contribution in [-0.4, -0.2) is 48.6 Å². The van der Waals surface area contributed by atoms with Crippen LogP contribution in [0.5, 0.6) is 0 Å².